The highest BCUT2D eigenvalue weighted by Crippen LogP contribution is 2.41. The molecule has 0 unspecified atom stereocenters. The number of aromatic nitrogens is 3. The summed E-state index contributed by atoms with van der Waals surface area (Å²) in [7, 11) is 0. The summed E-state index contributed by atoms with van der Waals surface area (Å²) in [5.41, 5.74) is 0.427. The van der Waals surface area contributed by atoms with Crippen LogP contribution in [0.5, 0.6) is 5.75 Å². The van der Waals surface area contributed by atoms with Crippen molar-refractivity contribution >= 4 is 5.91 Å². The van der Waals surface area contributed by atoms with Gasteiger partial charge >= 0.3 is 0 Å². The Bertz CT molecular complexity index is 648. The van der Waals surface area contributed by atoms with Gasteiger partial charge in [-0.15, -0.1) is 0 Å². The van der Waals surface area contributed by atoms with Gasteiger partial charge in [-0.05, 0) is 32.1 Å². The van der Waals surface area contributed by atoms with Crippen LogP contribution in [0, 0.1) is 0 Å². The fourth-order valence-corrected chi connectivity index (χ4v) is 3.01. The largest absolute Gasteiger partial charge is 0.485 e. The number of ether oxygens (including phenoxy) is 1. The highest BCUT2D eigenvalue weighted by molar-refractivity contribution is 5.93. The molecule has 0 aliphatic heterocycles. The van der Waals surface area contributed by atoms with Crippen LogP contribution >= 0.6 is 0 Å². The van der Waals surface area contributed by atoms with E-state index in [2.05, 4.69) is 20.5 Å². The monoisotopic (exact) mass is 302 g/mol. The lowest BCUT2D eigenvalue weighted by Gasteiger charge is -2.21. The molecule has 2 N–H and O–H groups in total. The molecule has 0 bridgehead atoms. The minimum absolute atomic E-state index is 0.00819. The SMILES string of the molecule is O=C(N[C@H]1CCC[C@H]1Oc1cn[nH]c1)c1ncoc1C1CC1. The van der Waals surface area contributed by atoms with Crippen LogP contribution in [0.25, 0.3) is 0 Å². The Morgan fingerprint density at radius 3 is 3.05 bits per heavy atom. The van der Waals surface area contributed by atoms with Crippen LogP contribution in [0.3, 0.4) is 0 Å². The first-order valence-electron chi connectivity index (χ1n) is 7.71. The van der Waals surface area contributed by atoms with Crippen molar-refractivity contribution < 1.29 is 13.9 Å². The Balaban J connectivity index is 1.43. The Morgan fingerprint density at radius 2 is 2.27 bits per heavy atom. The number of aromatic amines is 1. The van der Waals surface area contributed by atoms with Crippen molar-refractivity contribution in [2.24, 2.45) is 0 Å². The van der Waals surface area contributed by atoms with E-state index < -0.39 is 0 Å². The van der Waals surface area contributed by atoms with Gasteiger partial charge in [0.05, 0.1) is 18.4 Å². The smallest absolute Gasteiger partial charge is 0.273 e. The van der Waals surface area contributed by atoms with Crippen LogP contribution < -0.4 is 10.1 Å². The van der Waals surface area contributed by atoms with Crippen molar-refractivity contribution in [3.05, 3.63) is 30.2 Å². The minimum atomic E-state index is -0.164. The van der Waals surface area contributed by atoms with Gasteiger partial charge in [-0.1, -0.05) is 0 Å². The Labute approximate surface area is 127 Å². The van der Waals surface area contributed by atoms with E-state index in [4.69, 9.17) is 9.15 Å². The van der Waals surface area contributed by atoms with Gasteiger partial charge in [0.25, 0.3) is 5.91 Å². The van der Waals surface area contributed by atoms with Crippen LogP contribution in [0.2, 0.25) is 0 Å². The minimum Gasteiger partial charge on any atom is -0.485 e. The summed E-state index contributed by atoms with van der Waals surface area (Å²) >= 11 is 0. The van der Waals surface area contributed by atoms with Gasteiger partial charge < -0.3 is 14.5 Å². The number of carbonyl (C=O) groups is 1. The average Bonchev–Trinajstić information content (AvgIpc) is 2.97. The molecule has 0 aromatic carbocycles. The van der Waals surface area contributed by atoms with Crippen molar-refractivity contribution in [3.63, 3.8) is 0 Å². The van der Waals surface area contributed by atoms with E-state index in [-0.39, 0.29) is 18.1 Å². The second-order valence-corrected chi connectivity index (χ2v) is 5.94. The van der Waals surface area contributed by atoms with Crippen LogP contribution in [0.1, 0.15) is 54.3 Å². The third-order valence-electron chi connectivity index (χ3n) is 4.29. The number of hydrogen-bond donors (Lipinski definition) is 2. The van der Waals surface area contributed by atoms with E-state index in [9.17, 15) is 4.79 Å². The zero-order chi connectivity index (χ0) is 14.9. The van der Waals surface area contributed by atoms with Crippen LogP contribution in [-0.4, -0.2) is 33.2 Å². The number of hydrogen-bond acceptors (Lipinski definition) is 5. The van der Waals surface area contributed by atoms with Crippen molar-refractivity contribution in [1.29, 1.82) is 0 Å². The molecule has 2 saturated carbocycles. The molecule has 2 aromatic heterocycles. The van der Waals surface area contributed by atoms with Gasteiger partial charge in [0.2, 0.25) is 0 Å². The van der Waals surface area contributed by atoms with Crippen molar-refractivity contribution in [2.75, 3.05) is 0 Å². The molecule has 116 valence electrons. The first kappa shape index (κ1) is 13.4. The number of oxazole rings is 1. The number of carbonyl (C=O) groups excluding carboxylic acids is 1. The lowest BCUT2D eigenvalue weighted by Crippen LogP contribution is -2.42. The zero-order valence-corrected chi connectivity index (χ0v) is 12.1. The van der Waals surface area contributed by atoms with Crippen molar-refractivity contribution in [2.45, 2.75) is 50.2 Å². The third-order valence-corrected chi connectivity index (χ3v) is 4.29. The van der Waals surface area contributed by atoms with E-state index in [1.807, 2.05) is 0 Å². The summed E-state index contributed by atoms with van der Waals surface area (Å²) in [5.74, 6) is 1.63. The first-order chi connectivity index (χ1) is 10.8. The molecule has 2 heterocycles. The van der Waals surface area contributed by atoms with E-state index in [0.29, 0.717) is 17.4 Å². The number of nitrogens with one attached hydrogen (secondary N) is 2. The van der Waals surface area contributed by atoms with Crippen molar-refractivity contribution in [3.8, 4) is 5.75 Å². The van der Waals surface area contributed by atoms with Gasteiger partial charge in [0.15, 0.2) is 17.8 Å². The van der Waals surface area contributed by atoms with Gasteiger partial charge in [0.1, 0.15) is 11.9 Å². The molecule has 0 saturated heterocycles. The number of rotatable bonds is 5. The lowest BCUT2D eigenvalue weighted by atomic mass is 10.2. The molecule has 2 atom stereocenters. The summed E-state index contributed by atoms with van der Waals surface area (Å²) in [5, 5.41) is 9.64. The van der Waals surface area contributed by atoms with E-state index in [1.54, 1.807) is 12.4 Å². The maximum Gasteiger partial charge on any atom is 0.273 e. The normalized spacial score (nSPS) is 24.4. The summed E-state index contributed by atoms with van der Waals surface area (Å²) in [6.45, 7) is 0. The van der Waals surface area contributed by atoms with E-state index >= 15 is 0 Å². The highest BCUT2D eigenvalue weighted by atomic mass is 16.5. The molecule has 7 heteroatoms. The molecule has 7 nitrogen and oxygen atoms in total. The number of H-pyrrole nitrogens is 1. The first-order valence-corrected chi connectivity index (χ1v) is 7.71. The second-order valence-electron chi connectivity index (χ2n) is 5.94. The summed E-state index contributed by atoms with van der Waals surface area (Å²) < 4.78 is 11.3. The second kappa shape index (κ2) is 5.47. The standard InChI is InChI=1S/C15H18N4O3/c20-15(13-14(9-4-5-9)21-8-16-13)19-11-2-1-3-12(11)22-10-6-17-18-7-10/h6-9,11-12H,1-5H2,(H,17,18)(H,19,20)/t11-,12+/m0/s1. The molecular formula is C15H18N4O3. The van der Waals surface area contributed by atoms with E-state index in [0.717, 1.165) is 37.9 Å². The van der Waals surface area contributed by atoms with Crippen LogP contribution in [-0.2, 0) is 0 Å². The molecule has 0 radical (unpaired) electrons. The molecule has 2 aliphatic carbocycles. The molecule has 2 aliphatic rings. The Hall–Kier alpha value is -2.31. The molecule has 22 heavy (non-hydrogen) atoms. The Morgan fingerprint density at radius 1 is 1.36 bits per heavy atom. The highest BCUT2D eigenvalue weighted by Gasteiger charge is 2.35. The van der Waals surface area contributed by atoms with Crippen LogP contribution in [0.15, 0.2) is 23.2 Å². The third kappa shape index (κ3) is 2.58. The number of nitrogens with zero attached hydrogens (tertiary/aromatic N) is 2. The predicted octanol–water partition coefficient (Wildman–Crippen LogP) is 2.00. The number of amides is 1. The lowest BCUT2D eigenvalue weighted by molar-refractivity contribution is 0.0887. The summed E-state index contributed by atoms with van der Waals surface area (Å²) in [6.07, 6.45) is 9.68. The molecule has 0 spiro atoms. The molecule has 4 rings (SSSR count). The summed E-state index contributed by atoms with van der Waals surface area (Å²) in [6, 6.07) is -0.00819. The van der Waals surface area contributed by atoms with Gasteiger partial charge in [-0.2, -0.15) is 5.10 Å². The molecule has 1 amide bonds. The van der Waals surface area contributed by atoms with Gasteiger partial charge in [0, 0.05) is 5.92 Å². The van der Waals surface area contributed by atoms with Gasteiger partial charge in [-0.3, -0.25) is 9.89 Å². The zero-order valence-electron chi connectivity index (χ0n) is 12.1. The average molecular weight is 302 g/mol. The molecular weight excluding hydrogens is 284 g/mol. The fourth-order valence-electron chi connectivity index (χ4n) is 3.01. The molecule has 2 aromatic rings. The maximum atomic E-state index is 12.5. The topological polar surface area (TPSA) is 93.0 Å². The maximum absolute atomic E-state index is 12.5. The molecule has 2 fully saturated rings. The Kier molecular flexibility index (Phi) is 3.32. The van der Waals surface area contributed by atoms with E-state index in [1.165, 1.54) is 6.39 Å². The van der Waals surface area contributed by atoms with Gasteiger partial charge in [-0.25, -0.2) is 4.98 Å². The fraction of sp³-hybridized carbons (Fsp3) is 0.533. The van der Waals surface area contributed by atoms with Crippen molar-refractivity contribution in [1.82, 2.24) is 20.5 Å². The quantitative estimate of drug-likeness (QED) is 0.881. The van der Waals surface area contributed by atoms with Crippen LogP contribution in [0.4, 0.5) is 0 Å². The summed E-state index contributed by atoms with van der Waals surface area (Å²) in [4.78, 5) is 16.5. The predicted molar refractivity (Wildman–Crippen MR) is 76.6 cm³/mol.